The number of hydroxylamine groups is 1. The largest absolute Gasteiger partial charge is 0.491 e. The predicted molar refractivity (Wildman–Crippen MR) is 109 cm³/mol. The van der Waals surface area contributed by atoms with Crippen molar-refractivity contribution >= 4 is 11.7 Å². The van der Waals surface area contributed by atoms with E-state index in [1.807, 2.05) is 32.9 Å². The van der Waals surface area contributed by atoms with E-state index in [4.69, 9.17) is 9.57 Å². The molecule has 1 aromatic rings. The fourth-order valence-corrected chi connectivity index (χ4v) is 3.83. The molecule has 1 atom stereocenters. The Bertz CT molecular complexity index is 818. The highest BCUT2D eigenvalue weighted by molar-refractivity contribution is 6.01. The second-order valence-corrected chi connectivity index (χ2v) is 9.11. The Morgan fingerprint density at radius 3 is 2.72 bits per heavy atom. The van der Waals surface area contributed by atoms with Crippen LogP contribution in [0.15, 0.2) is 23.2 Å². The Hall–Kier alpha value is -2.15. The van der Waals surface area contributed by atoms with Crippen LogP contribution in [-0.4, -0.2) is 36.3 Å². The number of nitrogens with one attached hydrogen (secondary N) is 2. The number of amides is 1. The highest BCUT2D eigenvalue weighted by atomic mass is 19.1. The van der Waals surface area contributed by atoms with Crippen LogP contribution >= 0.6 is 0 Å². The van der Waals surface area contributed by atoms with Crippen molar-refractivity contribution < 1.29 is 18.8 Å². The smallest absolute Gasteiger partial charge is 0.252 e. The van der Waals surface area contributed by atoms with E-state index in [-0.39, 0.29) is 12.5 Å². The van der Waals surface area contributed by atoms with E-state index in [1.165, 1.54) is 12.8 Å². The third kappa shape index (κ3) is 4.71. The lowest BCUT2D eigenvalue weighted by molar-refractivity contribution is -0.0281. The summed E-state index contributed by atoms with van der Waals surface area (Å²) in [7, 11) is 0. The molecule has 0 aromatic heterocycles. The van der Waals surface area contributed by atoms with Crippen molar-refractivity contribution in [3.05, 3.63) is 29.3 Å². The summed E-state index contributed by atoms with van der Waals surface area (Å²) in [6.45, 7) is 5.17. The van der Waals surface area contributed by atoms with Crippen LogP contribution in [0.5, 0.6) is 5.75 Å². The molecule has 158 valence electrons. The molecule has 1 amide bonds. The molecule has 0 bridgehead atoms. The average Bonchev–Trinajstić information content (AvgIpc) is 3.59. The number of nitrogens with zero attached hydrogens (tertiary/aromatic N) is 1. The number of alkyl halides is 1. The van der Waals surface area contributed by atoms with Gasteiger partial charge in [0.1, 0.15) is 24.9 Å². The van der Waals surface area contributed by atoms with Gasteiger partial charge in [-0.3, -0.25) is 4.79 Å². The molecular weight excluding hydrogens is 373 g/mol. The van der Waals surface area contributed by atoms with Crippen LogP contribution in [0.1, 0.15) is 74.7 Å². The van der Waals surface area contributed by atoms with Crippen molar-refractivity contribution in [1.29, 1.82) is 0 Å². The summed E-state index contributed by atoms with van der Waals surface area (Å²) in [6, 6.07) is 5.50. The molecule has 2 fully saturated rings. The van der Waals surface area contributed by atoms with Crippen LogP contribution in [0.3, 0.4) is 0 Å². The third-order valence-electron chi connectivity index (χ3n) is 5.71. The molecule has 7 heteroatoms. The Morgan fingerprint density at radius 2 is 2.14 bits per heavy atom. The lowest BCUT2D eigenvalue weighted by Gasteiger charge is -2.30. The third-order valence-corrected chi connectivity index (χ3v) is 5.71. The van der Waals surface area contributed by atoms with Crippen molar-refractivity contribution in [1.82, 2.24) is 10.8 Å². The van der Waals surface area contributed by atoms with Crippen LogP contribution in [0.25, 0.3) is 0 Å². The van der Waals surface area contributed by atoms with E-state index < -0.39 is 17.9 Å². The molecule has 6 nitrogen and oxygen atoms in total. The molecule has 29 heavy (non-hydrogen) atoms. The van der Waals surface area contributed by atoms with E-state index in [9.17, 15) is 9.18 Å². The first-order valence-electron chi connectivity index (χ1n) is 10.5. The average molecular weight is 403 g/mol. The highest BCUT2D eigenvalue weighted by Gasteiger charge is 2.43. The number of halogens is 1. The van der Waals surface area contributed by atoms with Gasteiger partial charge in [-0.15, -0.1) is 0 Å². The molecule has 0 unspecified atom stereocenters. The second kappa shape index (κ2) is 7.59. The maximum absolute atomic E-state index is 13.1. The number of aliphatic imine (C=N–C) groups is 1. The molecule has 3 aliphatic rings. The lowest BCUT2D eigenvalue weighted by Crippen LogP contribution is -2.55. The number of hydrogen-bond donors (Lipinski definition) is 2. The monoisotopic (exact) mass is 403 g/mol. The standard InChI is InChI=1S/C22H30FN3O3/c1-21(2)25-20(26-29-21)22(3,13-14-4-5-14)24-19(27)16-8-9-17(15-6-7-15)18(12-16)28-11-10-23/h8-9,12,14-15H,4-7,10-11,13H2,1-3H3,(H,24,27)(H,25,26)/t22-/m0/s1. The van der Waals surface area contributed by atoms with Gasteiger partial charge in [0, 0.05) is 5.56 Å². The molecule has 2 N–H and O–H groups in total. The van der Waals surface area contributed by atoms with Gasteiger partial charge in [0.05, 0.1) is 5.54 Å². The maximum Gasteiger partial charge on any atom is 0.252 e. The van der Waals surface area contributed by atoms with Gasteiger partial charge >= 0.3 is 0 Å². The molecule has 0 radical (unpaired) electrons. The first-order chi connectivity index (χ1) is 13.8. The van der Waals surface area contributed by atoms with Gasteiger partial charge < -0.3 is 10.1 Å². The normalized spacial score (nSPS) is 22.4. The van der Waals surface area contributed by atoms with E-state index in [0.29, 0.717) is 29.0 Å². The highest BCUT2D eigenvalue weighted by Crippen LogP contribution is 2.44. The fraction of sp³-hybridized carbons (Fsp3) is 0.636. The minimum atomic E-state index is -0.663. The van der Waals surface area contributed by atoms with Gasteiger partial charge in [-0.1, -0.05) is 18.9 Å². The van der Waals surface area contributed by atoms with E-state index >= 15 is 0 Å². The first kappa shape index (κ1) is 20.1. The molecule has 2 aliphatic carbocycles. The second-order valence-electron chi connectivity index (χ2n) is 9.11. The van der Waals surface area contributed by atoms with E-state index in [2.05, 4.69) is 15.8 Å². The maximum atomic E-state index is 13.1. The van der Waals surface area contributed by atoms with Gasteiger partial charge in [-0.05, 0) is 69.6 Å². The van der Waals surface area contributed by atoms with Gasteiger partial charge in [0.25, 0.3) is 5.91 Å². The van der Waals surface area contributed by atoms with E-state index in [1.54, 1.807) is 6.07 Å². The van der Waals surface area contributed by atoms with Gasteiger partial charge in [-0.25, -0.2) is 19.7 Å². The molecule has 0 saturated heterocycles. The van der Waals surface area contributed by atoms with Crippen molar-refractivity contribution in [3.8, 4) is 5.75 Å². The summed E-state index contributed by atoms with van der Waals surface area (Å²) in [5.74, 6) is 2.09. The van der Waals surface area contributed by atoms with Gasteiger partial charge in [0.15, 0.2) is 5.72 Å². The number of ether oxygens (including phenoxy) is 1. The van der Waals surface area contributed by atoms with Crippen LogP contribution in [-0.2, 0) is 4.84 Å². The van der Waals surface area contributed by atoms with Crippen LogP contribution < -0.4 is 15.5 Å². The summed E-state index contributed by atoms with van der Waals surface area (Å²) in [4.78, 5) is 23.3. The SMILES string of the molecule is CC1(C)N=C([C@](C)(CC2CC2)NC(=O)c2ccc(C3CC3)c(OCCF)c2)NO1. The molecule has 1 aliphatic heterocycles. The molecule has 4 rings (SSSR count). The molecule has 1 heterocycles. The molecule has 1 aromatic carbocycles. The van der Waals surface area contributed by atoms with Crippen molar-refractivity contribution in [2.24, 2.45) is 10.9 Å². The summed E-state index contributed by atoms with van der Waals surface area (Å²) < 4.78 is 18.2. The predicted octanol–water partition coefficient (Wildman–Crippen LogP) is 3.87. The zero-order valence-electron chi connectivity index (χ0n) is 17.4. The summed E-state index contributed by atoms with van der Waals surface area (Å²) in [5.41, 5.74) is 3.17. The fourth-order valence-electron chi connectivity index (χ4n) is 3.83. The Kier molecular flexibility index (Phi) is 5.27. The lowest BCUT2D eigenvalue weighted by atomic mass is 9.92. The zero-order valence-corrected chi connectivity index (χ0v) is 17.4. The number of carbonyl (C=O) groups is 1. The summed E-state index contributed by atoms with van der Waals surface area (Å²) in [5, 5.41) is 3.17. The molecular formula is C22H30FN3O3. The Labute approximate surface area is 171 Å². The first-order valence-corrected chi connectivity index (χ1v) is 10.5. The minimum Gasteiger partial charge on any atom is -0.491 e. The van der Waals surface area contributed by atoms with E-state index in [0.717, 1.165) is 24.8 Å². The van der Waals surface area contributed by atoms with Crippen LogP contribution in [0.4, 0.5) is 4.39 Å². The Morgan fingerprint density at radius 1 is 1.38 bits per heavy atom. The number of carbonyl (C=O) groups excluding carboxylic acids is 1. The van der Waals surface area contributed by atoms with Crippen molar-refractivity contribution in [2.45, 2.75) is 70.1 Å². The quantitative estimate of drug-likeness (QED) is 0.657. The number of benzene rings is 1. The van der Waals surface area contributed by atoms with Gasteiger partial charge in [-0.2, -0.15) is 0 Å². The molecule has 0 spiro atoms. The van der Waals surface area contributed by atoms with Crippen molar-refractivity contribution in [3.63, 3.8) is 0 Å². The van der Waals surface area contributed by atoms with Gasteiger partial charge in [0.2, 0.25) is 0 Å². The van der Waals surface area contributed by atoms with Crippen LogP contribution in [0.2, 0.25) is 0 Å². The number of hydrogen-bond acceptors (Lipinski definition) is 5. The number of rotatable bonds is 9. The summed E-state index contributed by atoms with van der Waals surface area (Å²) >= 11 is 0. The minimum absolute atomic E-state index is 0.00264. The number of amidine groups is 1. The molecule has 2 saturated carbocycles. The van der Waals surface area contributed by atoms with Crippen LogP contribution in [0, 0.1) is 5.92 Å². The summed E-state index contributed by atoms with van der Waals surface area (Å²) in [6.07, 6.45) is 5.35. The zero-order chi connectivity index (χ0) is 20.6. The topological polar surface area (TPSA) is 72.0 Å². The Balaban J connectivity index is 1.55. The van der Waals surface area contributed by atoms with Crippen molar-refractivity contribution in [2.75, 3.05) is 13.3 Å².